The molecule has 0 fully saturated rings. The molecule has 0 aliphatic carbocycles. The van der Waals surface area contributed by atoms with Gasteiger partial charge in [0, 0.05) is 0 Å². The zero-order chi connectivity index (χ0) is 3.41. The van der Waals surface area contributed by atoms with Crippen LogP contribution in [0.3, 0.4) is 0 Å². The fraction of sp³-hybridized carbons (Fsp3) is 0.333. The Bertz CT molecular complexity index is 17.2. The minimum absolute atomic E-state index is 0.957. The van der Waals surface area contributed by atoms with Crippen LogP contribution in [-0.4, -0.2) is 4.57 Å². The Morgan fingerprint density at radius 3 is 2.25 bits per heavy atom. The molecule has 4 heavy (non-hydrogen) atoms. The van der Waals surface area contributed by atoms with Gasteiger partial charge in [0.05, 0.1) is 0 Å². The Kier molecular flexibility index (Phi) is 3.95. The number of rotatable bonds is 1. The summed E-state index contributed by atoms with van der Waals surface area (Å²) < 4.78 is 2.04. The van der Waals surface area contributed by atoms with Gasteiger partial charge in [-0.25, -0.2) is 0 Å². The predicted octanol–water partition coefficient (Wildman–Crippen LogP) is 0.560. The molecule has 0 saturated carbocycles. The molecule has 0 rings (SSSR count). The minimum atomic E-state index is 0.957. The van der Waals surface area contributed by atoms with Crippen molar-refractivity contribution in [1.82, 2.24) is 0 Å². The molecule has 0 bridgehead atoms. The predicted molar refractivity (Wildman–Crippen MR) is 16.0 cm³/mol. The van der Waals surface area contributed by atoms with E-state index in [4.69, 9.17) is 0 Å². The summed E-state index contributed by atoms with van der Waals surface area (Å²) in [5.41, 5.74) is 0. The first-order valence-electron chi connectivity index (χ1n) is 1.11. The van der Waals surface area contributed by atoms with Crippen LogP contribution in [0, 0.1) is 6.92 Å². The molecule has 0 aliphatic heterocycles. The van der Waals surface area contributed by atoms with Crippen LogP contribution in [0.25, 0.3) is 0 Å². The van der Waals surface area contributed by atoms with Crippen LogP contribution < -0.4 is 0 Å². The van der Waals surface area contributed by atoms with E-state index >= 15 is 0 Å². The second kappa shape index (κ2) is 3.51. The van der Waals surface area contributed by atoms with Crippen LogP contribution in [0.4, 0.5) is 0 Å². The van der Waals surface area contributed by atoms with Crippen molar-refractivity contribution in [3.8, 4) is 0 Å². The first-order chi connectivity index (χ1) is 1.91. The molecule has 0 amide bonds. The standard InChI is InChI=1S/C3H5.Os/c1-3-2;/h1H,2-3H2;/q-1;. The van der Waals surface area contributed by atoms with Crippen molar-refractivity contribution < 1.29 is 18.1 Å². The van der Waals surface area contributed by atoms with Gasteiger partial charge in [0.15, 0.2) is 0 Å². The molecule has 0 N–H and O–H groups in total. The van der Waals surface area contributed by atoms with E-state index in [9.17, 15) is 0 Å². The van der Waals surface area contributed by atoms with Gasteiger partial charge in [-0.3, -0.25) is 0 Å². The van der Waals surface area contributed by atoms with E-state index in [1.54, 1.807) is 0 Å². The summed E-state index contributed by atoms with van der Waals surface area (Å²) in [5, 5.41) is 0. The third-order valence-electron chi connectivity index (χ3n) is 0.102. The van der Waals surface area contributed by atoms with Gasteiger partial charge in [0.2, 0.25) is 0 Å². The van der Waals surface area contributed by atoms with Gasteiger partial charge in [-0.1, -0.05) is 0 Å². The topological polar surface area (TPSA) is 0 Å². The normalized spacial score (nSPS) is 6.50. The van der Waals surface area contributed by atoms with Gasteiger partial charge in [0.1, 0.15) is 0 Å². The Hall–Kier alpha value is 0.506. The fourth-order valence-electron chi connectivity index (χ4n) is 0. The molecule has 0 aromatic heterocycles. The molecule has 0 spiro atoms. The molecule has 0 heterocycles. The van der Waals surface area contributed by atoms with E-state index in [2.05, 4.69) is 6.92 Å². The zero-order valence-corrected chi connectivity index (χ0v) is 4.89. The Labute approximate surface area is 36.6 Å². The maximum absolute atomic E-state index is 3.56. The van der Waals surface area contributed by atoms with Crippen LogP contribution >= 0.6 is 0 Å². The zero-order valence-electron chi connectivity index (χ0n) is 2.35. The monoisotopic (exact) mass is 233 g/mol. The quantitative estimate of drug-likeness (QED) is 0.579. The van der Waals surface area contributed by atoms with E-state index in [1.165, 1.54) is 0 Å². The summed E-state index contributed by atoms with van der Waals surface area (Å²) in [6, 6.07) is 0. The van der Waals surface area contributed by atoms with Gasteiger partial charge in [-0.2, -0.15) is 0 Å². The van der Waals surface area contributed by atoms with Crippen LogP contribution in [0.15, 0.2) is 0 Å². The molecule has 1 heteroatoms. The molecule has 0 unspecified atom stereocenters. The van der Waals surface area contributed by atoms with Gasteiger partial charge < -0.3 is 0 Å². The molecule has 0 nitrogen and oxygen atoms in total. The van der Waals surface area contributed by atoms with Crippen LogP contribution in [-0.2, 0) is 18.1 Å². The first-order valence-corrected chi connectivity index (χ1v) is 2.58. The Balaban J connectivity index is 2.30. The van der Waals surface area contributed by atoms with Crippen LogP contribution in [0.2, 0.25) is 0 Å². The second-order valence-electron chi connectivity index (χ2n) is 0.433. The van der Waals surface area contributed by atoms with E-state index in [-0.39, 0.29) is 0 Å². The molecular formula is C3H5Os-. The second-order valence-corrected chi connectivity index (χ2v) is 1.47. The molecule has 0 atom stereocenters. The molecule has 0 saturated heterocycles. The van der Waals surface area contributed by atoms with Crippen molar-refractivity contribution in [2.24, 2.45) is 0 Å². The summed E-state index contributed by atoms with van der Waals surface area (Å²) in [6.07, 6.45) is 0.957. The van der Waals surface area contributed by atoms with Crippen molar-refractivity contribution in [2.45, 2.75) is 6.42 Å². The third-order valence-corrected chi connectivity index (χ3v) is 0.835. The van der Waals surface area contributed by atoms with E-state index < -0.39 is 0 Å². The van der Waals surface area contributed by atoms with E-state index in [0.717, 1.165) is 6.42 Å². The molecule has 0 radical (unpaired) electrons. The van der Waals surface area contributed by atoms with Crippen LogP contribution in [0.5, 0.6) is 0 Å². The summed E-state index contributed by atoms with van der Waals surface area (Å²) >= 11 is 1.83. The first kappa shape index (κ1) is 4.51. The molecule has 0 aromatic rings. The average molecular weight is 231 g/mol. The van der Waals surface area contributed by atoms with Gasteiger partial charge in [0.25, 0.3) is 0 Å². The van der Waals surface area contributed by atoms with Gasteiger partial charge in [-0.15, -0.1) is 0 Å². The summed E-state index contributed by atoms with van der Waals surface area (Å²) in [6.45, 7) is 3.56. The Morgan fingerprint density at radius 2 is 2.25 bits per heavy atom. The van der Waals surface area contributed by atoms with Crippen molar-refractivity contribution in [3.05, 3.63) is 6.92 Å². The summed E-state index contributed by atoms with van der Waals surface area (Å²) in [5.74, 6) is 0. The SMILES string of the molecule is [CH2-]C[CH]=[Os]. The number of hydrogen-bond acceptors (Lipinski definition) is 0. The molecule has 0 aliphatic rings. The molecule has 26 valence electrons. The van der Waals surface area contributed by atoms with E-state index in [1.807, 2.05) is 22.7 Å². The summed E-state index contributed by atoms with van der Waals surface area (Å²) in [7, 11) is 0. The summed E-state index contributed by atoms with van der Waals surface area (Å²) in [4.78, 5) is 0. The average Bonchev–Trinajstić information content (AvgIpc) is 1.37. The van der Waals surface area contributed by atoms with Crippen molar-refractivity contribution in [1.29, 1.82) is 0 Å². The van der Waals surface area contributed by atoms with Crippen LogP contribution in [0.1, 0.15) is 6.42 Å². The van der Waals surface area contributed by atoms with Crippen molar-refractivity contribution in [2.75, 3.05) is 0 Å². The van der Waals surface area contributed by atoms with Crippen molar-refractivity contribution >= 4 is 4.57 Å². The maximum atomic E-state index is 3.56. The molecular weight excluding hydrogens is 226 g/mol. The Morgan fingerprint density at radius 1 is 2.00 bits per heavy atom. The number of hydrogen-bond donors (Lipinski definition) is 0. The van der Waals surface area contributed by atoms with Gasteiger partial charge >= 0.3 is 36.1 Å². The van der Waals surface area contributed by atoms with Gasteiger partial charge in [-0.05, 0) is 0 Å². The van der Waals surface area contributed by atoms with E-state index in [0.29, 0.717) is 0 Å². The molecule has 0 aromatic carbocycles. The third kappa shape index (κ3) is 2.51. The fourth-order valence-corrected chi connectivity index (χ4v) is 0. The van der Waals surface area contributed by atoms with Crippen molar-refractivity contribution in [3.63, 3.8) is 0 Å².